The van der Waals surface area contributed by atoms with Gasteiger partial charge in [-0.05, 0) is 0 Å². The van der Waals surface area contributed by atoms with Crippen molar-refractivity contribution in [2.45, 2.75) is 31.7 Å². The minimum atomic E-state index is -2.19. The Labute approximate surface area is 109 Å². The summed E-state index contributed by atoms with van der Waals surface area (Å²) in [6.07, 6.45) is 4.62. The van der Waals surface area contributed by atoms with E-state index in [2.05, 4.69) is 0 Å². The first-order chi connectivity index (χ1) is 6.99. The van der Waals surface area contributed by atoms with Gasteiger partial charge in [0.15, 0.2) is 0 Å². The van der Waals surface area contributed by atoms with Crippen LogP contribution in [0.5, 0.6) is 0 Å². The summed E-state index contributed by atoms with van der Waals surface area (Å²) in [5.74, 6) is -3.98. The Morgan fingerprint density at radius 2 is 1.56 bits per heavy atom. The van der Waals surface area contributed by atoms with E-state index in [9.17, 15) is 0 Å². The van der Waals surface area contributed by atoms with Crippen molar-refractivity contribution >= 4 is 11.9 Å². The molecule has 1 rings (SSSR count). The molecule has 16 heavy (non-hydrogen) atoms. The maximum Gasteiger partial charge on any atom is 4.00 e. The van der Waals surface area contributed by atoms with Gasteiger partial charge in [0.05, 0.1) is 11.9 Å². The van der Waals surface area contributed by atoms with Crippen molar-refractivity contribution < 1.29 is 40.9 Å². The van der Waals surface area contributed by atoms with Gasteiger partial charge in [-0.15, -0.1) is 12.6 Å². The smallest absolute Gasteiger partial charge is 0.677 e. The molecule has 0 spiro atoms. The summed E-state index contributed by atoms with van der Waals surface area (Å²) in [6, 6.07) is 0.0799. The Morgan fingerprint density at radius 1 is 1.12 bits per heavy atom. The molecular formula is C9H14N2O4Pt. The van der Waals surface area contributed by atoms with Crippen LogP contribution >= 0.6 is 0 Å². The fourth-order valence-corrected chi connectivity index (χ4v) is 1.45. The number of rotatable bonds is 1. The molecule has 2 N–H and O–H groups in total. The third-order valence-corrected chi connectivity index (χ3v) is 2.34. The second-order valence-electron chi connectivity index (χ2n) is 3.43. The van der Waals surface area contributed by atoms with Crippen LogP contribution in [0.1, 0.15) is 25.7 Å². The van der Waals surface area contributed by atoms with Gasteiger partial charge in [-0.25, -0.2) is 0 Å². The first-order valence-electron chi connectivity index (χ1n) is 4.77. The fourth-order valence-electron chi connectivity index (χ4n) is 1.45. The Kier molecular flexibility index (Phi) is 10.9. The van der Waals surface area contributed by atoms with Gasteiger partial charge in [0, 0.05) is 0 Å². The molecule has 0 aromatic heterocycles. The number of nitrogens with one attached hydrogen (secondary N) is 2. The van der Waals surface area contributed by atoms with Gasteiger partial charge in [-0.2, -0.15) is 0 Å². The van der Waals surface area contributed by atoms with E-state index in [1.807, 2.05) is 0 Å². The average molecular weight is 409 g/mol. The molecule has 0 radical (unpaired) electrons. The zero-order chi connectivity index (χ0) is 11.8. The van der Waals surface area contributed by atoms with Crippen molar-refractivity contribution in [3.05, 3.63) is 11.5 Å². The van der Waals surface area contributed by atoms with Crippen LogP contribution in [0.4, 0.5) is 0 Å². The zero-order valence-electron chi connectivity index (χ0n) is 8.64. The Morgan fingerprint density at radius 3 is 1.81 bits per heavy atom. The van der Waals surface area contributed by atoms with Crippen molar-refractivity contribution in [1.29, 1.82) is 0 Å². The quantitative estimate of drug-likeness (QED) is 0.522. The maximum absolute atomic E-state index is 8.93. The molecule has 0 amide bonds. The van der Waals surface area contributed by atoms with E-state index >= 15 is 0 Å². The molecule has 0 heterocycles. The van der Waals surface area contributed by atoms with E-state index in [0.29, 0.717) is 12.5 Å². The van der Waals surface area contributed by atoms with Gasteiger partial charge in [0.25, 0.3) is 0 Å². The molecule has 94 valence electrons. The number of hydrogen-bond donors (Lipinski definition) is 0. The molecule has 1 aliphatic rings. The van der Waals surface area contributed by atoms with Crippen LogP contribution in [-0.2, 0) is 30.7 Å². The fraction of sp³-hybridized carbons (Fsp3) is 0.778. The zero-order valence-corrected chi connectivity index (χ0v) is 10.9. The normalized spacial score (nSPS) is 23.4. The largest absolute Gasteiger partial charge is 4.00 e. The molecule has 6 nitrogen and oxygen atoms in total. The van der Waals surface area contributed by atoms with Gasteiger partial charge in [0.2, 0.25) is 0 Å². The van der Waals surface area contributed by atoms with Crippen LogP contribution in [0.25, 0.3) is 11.5 Å². The van der Waals surface area contributed by atoms with E-state index in [-0.39, 0.29) is 27.1 Å². The maximum atomic E-state index is 8.93. The predicted octanol–water partition coefficient (Wildman–Crippen LogP) is -0.867. The summed E-state index contributed by atoms with van der Waals surface area (Å²) >= 11 is 0. The topological polar surface area (TPSA) is 128 Å². The Bertz CT molecular complexity index is 214. The van der Waals surface area contributed by atoms with Crippen LogP contribution in [0.2, 0.25) is 0 Å². The van der Waals surface area contributed by atoms with Gasteiger partial charge in [-0.1, -0.05) is 31.6 Å². The SMILES string of the molecule is O=C([O-])C(=O)[O-].[NH-]CC1CCCCC1[NH-].[Pt+4]. The molecule has 2 unspecified atom stereocenters. The third kappa shape index (κ3) is 7.79. The van der Waals surface area contributed by atoms with Crippen molar-refractivity contribution in [2.24, 2.45) is 5.92 Å². The van der Waals surface area contributed by atoms with Crippen molar-refractivity contribution in [3.8, 4) is 0 Å². The molecule has 7 heteroatoms. The van der Waals surface area contributed by atoms with E-state index in [1.54, 1.807) is 0 Å². The predicted molar refractivity (Wildman–Crippen MR) is 49.3 cm³/mol. The van der Waals surface area contributed by atoms with E-state index in [4.69, 9.17) is 31.3 Å². The first-order valence-corrected chi connectivity index (χ1v) is 4.77. The van der Waals surface area contributed by atoms with Crippen LogP contribution in [0, 0.1) is 5.92 Å². The summed E-state index contributed by atoms with van der Waals surface area (Å²) in [5, 5.41) is 17.9. The monoisotopic (exact) mass is 409 g/mol. The van der Waals surface area contributed by atoms with Gasteiger partial charge < -0.3 is 31.3 Å². The Balaban J connectivity index is 0. The number of carboxylic acid groups (broad SMARTS) is 2. The van der Waals surface area contributed by atoms with Crippen LogP contribution in [-0.4, -0.2) is 24.5 Å². The molecule has 0 aromatic carbocycles. The molecule has 2 atom stereocenters. The van der Waals surface area contributed by atoms with Crippen LogP contribution in [0.3, 0.4) is 0 Å². The summed E-state index contributed by atoms with van der Waals surface area (Å²) in [7, 11) is 0. The first kappa shape index (κ1) is 17.9. The molecule has 0 saturated heterocycles. The van der Waals surface area contributed by atoms with Crippen molar-refractivity contribution in [2.75, 3.05) is 6.54 Å². The third-order valence-electron chi connectivity index (χ3n) is 2.34. The molecular weight excluding hydrogens is 395 g/mol. The molecule has 1 fully saturated rings. The summed E-state index contributed by atoms with van der Waals surface area (Å²) < 4.78 is 0. The number of carboxylic acids is 2. The molecule has 1 saturated carbocycles. The van der Waals surface area contributed by atoms with Crippen molar-refractivity contribution in [3.63, 3.8) is 0 Å². The van der Waals surface area contributed by atoms with Gasteiger partial charge >= 0.3 is 21.1 Å². The van der Waals surface area contributed by atoms with Crippen molar-refractivity contribution in [1.82, 2.24) is 0 Å². The summed E-state index contributed by atoms with van der Waals surface area (Å²) in [6.45, 7) is 0.466. The van der Waals surface area contributed by atoms with E-state index in [0.717, 1.165) is 12.8 Å². The van der Waals surface area contributed by atoms with Gasteiger partial charge in [0.1, 0.15) is 0 Å². The van der Waals surface area contributed by atoms with E-state index < -0.39 is 11.9 Å². The number of carbonyl (C=O) groups excluding carboxylic acids is 2. The standard InChI is InChI=1S/C7H14N2.C2H2O4.Pt/c8-5-6-3-1-2-4-7(6)9;3-1(4)2(5)6;/h6-9H,1-5H2;(H,3,4)(H,5,6);/q-2;;+4/p-2. The molecule has 0 aliphatic heterocycles. The summed E-state index contributed by atoms with van der Waals surface area (Å²) in [4.78, 5) is 17.9. The number of aliphatic carboxylic acids is 2. The van der Waals surface area contributed by atoms with E-state index in [1.165, 1.54) is 12.8 Å². The molecule has 1 aliphatic carbocycles. The van der Waals surface area contributed by atoms with Crippen LogP contribution in [0.15, 0.2) is 0 Å². The minimum Gasteiger partial charge on any atom is -0.677 e. The molecule has 0 aromatic rings. The summed E-state index contributed by atoms with van der Waals surface area (Å²) in [5.41, 5.74) is 14.6. The number of carbonyl (C=O) groups is 2. The average Bonchev–Trinajstić information content (AvgIpc) is 2.19. The minimum absolute atomic E-state index is 0. The molecule has 0 bridgehead atoms. The second kappa shape index (κ2) is 9.75. The number of hydrogen-bond acceptors (Lipinski definition) is 4. The van der Waals surface area contributed by atoms with Gasteiger partial charge in [-0.3, -0.25) is 0 Å². The van der Waals surface area contributed by atoms with Crippen LogP contribution < -0.4 is 10.2 Å². The Hall–Kier alpha value is -0.452. The second-order valence-corrected chi connectivity index (χ2v) is 3.43.